The minimum Gasteiger partial charge on any atom is -0.481 e. The van der Waals surface area contributed by atoms with Crippen molar-refractivity contribution in [2.75, 3.05) is 49.4 Å². The second-order valence-corrected chi connectivity index (χ2v) is 10.3. The van der Waals surface area contributed by atoms with Crippen molar-refractivity contribution in [2.45, 2.75) is 38.5 Å². The maximum absolute atomic E-state index is 10.6. The third kappa shape index (κ3) is 11.0. The lowest BCUT2D eigenvalue weighted by Gasteiger charge is -2.22. The number of rotatable bonds is 14. The second-order valence-electron chi connectivity index (χ2n) is 9.94. The zero-order chi connectivity index (χ0) is 32.6. The van der Waals surface area contributed by atoms with E-state index in [1.165, 1.54) is 0 Å². The Kier molecular flexibility index (Phi) is 15.4. The summed E-state index contributed by atoms with van der Waals surface area (Å²) in [5.41, 5.74) is 11.0. The van der Waals surface area contributed by atoms with Crippen molar-refractivity contribution < 1.29 is 35.1 Å². The average Bonchev–Trinajstić information content (AvgIpc) is 3.47. The number of carbonyl (C=O) groups is 2. The van der Waals surface area contributed by atoms with Crippen LogP contribution in [-0.4, -0.2) is 95.4 Å². The van der Waals surface area contributed by atoms with Gasteiger partial charge in [-0.1, -0.05) is 0 Å². The van der Waals surface area contributed by atoms with Crippen LogP contribution in [0, 0.1) is 0 Å². The van der Waals surface area contributed by atoms with E-state index >= 15 is 0 Å². The van der Waals surface area contributed by atoms with Gasteiger partial charge >= 0.3 is 11.9 Å². The van der Waals surface area contributed by atoms with E-state index in [4.69, 9.17) is 42.9 Å². The van der Waals surface area contributed by atoms with Crippen LogP contribution >= 0.6 is 11.6 Å². The number of nitrogens with two attached hydrogens (primary N) is 1. The van der Waals surface area contributed by atoms with Gasteiger partial charge in [0.2, 0.25) is 0 Å². The number of fused-ring (bicyclic) bond motifs is 2. The van der Waals surface area contributed by atoms with Gasteiger partial charge in [0.25, 0.3) is 0 Å². The van der Waals surface area contributed by atoms with Gasteiger partial charge in [-0.15, -0.1) is 11.6 Å². The molecule has 2 aromatic heterocycles. The summed E-state index contributed by atoms with van der Waals surface area (Å²) in [5, 5.41) is 43.3. The molecule has 0 aliphatic heterocycles. The Labute approximate surface area is 261 Å². The van der Waals surface area contributed by atoms with E-state index in [0.29, 0.717) is 50.3 Å². The summed E-state index contributed by atoms with van der Waals surface area (Å²) in [4.78, 5) is 32.0. The third-order valence-corrected chi connectivity index (χ3v) is 6.90. The predicted molar refractivity (Wildman–Crippen MR) is 171 cm³/mol. The van der Waals surface area contributed by atoms with Gasteiger partial charge < -0.3 is 45.3 Å². The first-order valence-electron chi connectivity index (χ1n) is 14.3. The van der Waals surface area contributed by atoms with E-state index in [2.05, 4.69) is 9.97 Å². The molecule has 0 spiro atoms. The molecule has 44 heavy (non-hydrogen) atoms. The molecule has 0 aliphatic rings. The number of aromatic nitrogens is 4. The van der Waals surface area contributed by atoms with Gasteiger partial charge in [-0.05, 0) is 49.2 Å². The molecule has 2 aromatic carbocycles. The average molecular weight is 635 g/mol. The number of benzene rings is 2. The van der Waals surface area contributed by atoms with Crippen LogP contribution in [0.25, 0.3) is 22.1 Å². The largest absolute Gasteiger partial charge is 0.481 e. The molecular weight excluding hydrogens is 592 g/mol. The fourth-order valence-corrected chi connectivity index (χ4v) is 4.56. The molecule has 0 fully saturated rings. The summed E-state index contributed by atoms with van der Waals surface area (Å²) in [6.07, 6.45) is 2.74. The van der Waals surface area contributed by atoms with Crippen LogP contribution in [0.15, 0.2) is 36.4 Å². The molecule has 0 radical (unpaired) electrons. The summed E-state index contributed by atoms with van der Waals surface area (Å²) in [6.45, 7) is 1.01. The number of hydrogen-bond donors (Lipinski definition) is 6. The summed E-state index contributed by atoms with van der Waals surface area (Å²) in [7, 11) is 3.85. The highest BCUT2D eigenvalue weighted by Crippen LogP contribution is 2.23. The summed E-state index contributed by atoms with van der Waals surface area (Å²) >= 11 is 4.94. The molecule has 0 bridgehead atoms. The van der Waals surface area contributed by atoms with Gasteiger partial charge in [0.1, 0.15) is 11.6 Å². The van der Waals surface area contributed by atoms with Crippen LogP contribution in [0.3, 0.4) is 0 Å². The number of halogens is 1. The first-order valence-corrected chi connectivity index (χ1v) is 14.8. The first-order chi connectivity index (χ1) is 21.1. The van der Waals surface area contributed by atoms with E-state index in [0.717, 1.165) is 39.4 Å². The van der Waals surface area contributed by atoms with Gasteiger partial charge in [-0.3, -0.25) is 9.59 Å². The van der Waals surface area contributed by atoms with Crippen molar-refractivity contribution in [1.29, 1.82) is 0 Å². The Morgan fingerprint density at radius 2 is 1.25 bits per heavy atom. The van der Waals surface area contributed by atoms with E-state index in [1.54, 1.807) is 0 Å². The van der Waals surface area contributed by atoms with Gasteiger partial charge in [0.05, 0.1) is 41.9 Å². The molecule has 2 heterocycles. The molecule has 13 nitrogen and oxygen atoms in total. The molecule has 14 heteroatoms. The topological polar surface area (TPSA) is 200 Å². The lowest BCUT2D eigenvalue weighted by atomic mass is 10.2. The van der Waals surface area contributed by atoms with Crippen LogP contribution in [0.1, 0.15) is 37.3 Å². The SMILES string of the molecule is Cn1c(CCCC(=O)O)nc2cc(N(CCO)CCO)ccc21.Cn1c(CCCC(=O)O)nc2cc(N)ccc21.OCCCl. The number of aliphatic carboxylic acids is 2. The van der Waals surface area contributed by atoms with Crippen molar-refractivity contribution in [3.63, 3.8) is 0 Å². The standard InChI is InChI=1S/C16H23N3O4.C12H15N3O2.C2H5ClO/c1-18-14-6-5-12(19(7-9-20)8-10-21)11-13(14)17-15(18)3-2-4-16(22)23;1-15-10-6-5-8(13)7-9(10)14-11(15)3-2-4-12(16)17;3-1-2-4/h5-6,11,20-21H,2-4,7-10H2,1H3,(H,22,23);5-7H,2-4,13H2,1H3,(H,16,17);4H,1-2H2. The van der Waals surface area contributed by atoms with Gasteiger partial charge in [-0.2, -0.15) is 0 Å². The second kappa shape index (κ2) is 18.7. The summed E-state index contributed by atoms with van der Waals surface area (Å²) in [6, 6.07) is 11.4. The Morgan fingerprint density at radius 1 is 0.795 bits per heavy atom. The van der Waals surface area contributed by atoms with Crippen molar-refractivity contribution >= 4 is 57.0 Å². The van der Waals surface area contributed by atoms with Crippen LogP contribution in [0.4, 0.5) is 11.4 Å². The number of nitrogens with zero attached hydrogens (tertiary/aromatic N) is 5. The number of carboxylic acid groups (broad SMARTS) is 2. The molecule has 4 aromatic rings. The molecule has 0 aliphatic carbocycles. The van der Waals surface area contributed by atoms with Crippen molar-refractivity contribution in [1.82, 2.24) is 19.1 Å². The number of anilines is 2. The number of alkyl halides is 1. The predicted octanol–water partition coefficient (Wildman–Crippen LogP) is 2.55. The highest BCUT2D eigenvalue weighted by Gasteiger charge is 2.12. The van der Waals surface area contributed by atoms with Crippen molar-refractivity contribution in [3.8, 4) is 0 Å². The van der Waals surface area contributed by atoms with Crippen LogP contribution in [0.5, 0.6) is 0 Å². The molecular formula is C30H43ClN6O7. The maximum Gasteiger partial charge on any atom is 0.303 e. The van der Waals surface area contributed by atoms with Crippen molar-refractivity contribution in [2.24, 2.45) is 14.1 Å². The number of carboxylic acids is 2. The van der Waals surface area contributed by atoms with E-state index in [1.807, 2.05) is 64.5 Å². The minimum absolute atomic E-state index is 0.0146. The minimum atomic E-state index is -0.797. The number of nitrogen functional groups attached to an aromatic ring is 1. The highest BCUT2D eigenvalue weighted by molar-refractivity contribution is 6.17. The normalized spacial score (nSPS) is 10.7. The van der Waals surface area contributed by atoms with Crippen LogP contribution in [-0.2, 0) is 36.5 Å². The van der Waals surface area contributed by atoms with E-state index < -0.39 is 11.9 Å². The first kappa shape index (κ1) is 36.3. The highest BCUT2D eigenvalue weighted by atomic mass is 35.5. The van der Waals surface area contributed by atoms with Crippen LogP contribution < -0.4 is 10.6 Å². The Balaban J connectivity index is 0.000000283. The monoisotopic (exact) mass is 634 g/mol. The molecule has 0 atom stereocenters. The summed E-state index contributed by atoms with van der Waals surface area (Å²) in [5.74, 6) is 0.531. The number of aliphatic hydroxyl groups excluding tert-OH is 3. The number of imidazole rings is 2. The lowest BCUT2D eigenvalue weighted by molar-refractivity contribution is -0.138. The Morgan fingerprint density at radius 3 is 1.68 bits per heavy atom. The van der Waals surface area contributed by atoms with Gasteiger partial charge in [0.15, 0.2) is 0 Å². The Hall–Kier alpha value is -3.91. The van der Waals surface area contributed by atoms with E-state index in [-0.39, 0.29) is 32.7 Å². The fourth-order valence-electron chi connectivity index (χ4n) is 4.56. The molecule has 4 rings (SSSR count). The third-order valence-electron chi connectivity index (χ3n) is 6.73. The molecule has 242 valence electrons. The molecule has 0 amide bonds. The van der Waals surface area contributed by atoms with Crippen LogP contribution in [0.2, 0.25) is 0 Å². The number of aryl methyl sites for hydroxylation is 4. The zero-order valence-corrected chi connectivity index (χ0v) is 25.9. The fraction of sp³-hybridized carbons (Fsp3) is 0.467. The smallest absolute Gasteiger partial charge is 0.303 e. The molecule has 0 unspecified atom stereocenters. The lowest BCUT2D eigenvalue weighted by Crippen LogP contribution is -2.29. The maximum atomic E-state index is 10.6. The molecule has 0 saturated heterocycles. The quantitative estimate of drug-likeness (QED) is 0.0879. The molecule has 0 saturated carbocycles. The Bertz CT molecular complexity index is 1480. The summed E-state index contributed by atoms with van der Waals surface area (Å²) < 4.78 is 3.96. The van der Waals surface area contributed by atoms with Crippen molar-refractivity contribution in [3.05, 3.63) is 48.0 Å². The van der Waals surface area contributed by atoms with Gasteiger partial charge in [0, 0.05) is 70.1 Å². The molecule has 7 N–H and O–H groups in total. The number of aliphatic hydroxyl groups is 3. The zero-order valence-electron chi connectivity index (χ0n) is 25.2. The van der Waals surface area contributed by atoms with E-state index in [9.17, 15) is 9.59 Å². The number of hydrogen-bond acceptors (Lipinski definition) is 9. The van der Waals surface area contributed by atoms with Gasteiger partial charge in [-0.25, -0.2) is 9.97 Å².